The summed E-state index contributed by atoms with van der Waals surface area (Å²) >= 11 is 0. The largest absolute Gasteiger partial charge is 0.388 e. The fourth-order valence-corrected chi connectivity index (χ4v) is 7.70. The van der Waals surface area contributed by atoms with Crippen molar-refractivity contribution in [1.82, 2.24) is 0 Å². The summed E-state index contributed by atoms with van der Waals surface area (Å²) in [6.45, 7) is 5.51. The third-order valence-electron chi connectivity index (χ3n) is 9.08. The molecule has 0 bridgehead atoms. The highest BCUT2D eigenvalue weighted by molar-refractivity contribution is 6.01. The number of hydrogen-bond acceptors (Lipinski definition) is 5. The average Bonchev–Trinajstić information content (AvgIpc) is 3.31. The van der Waals surface area contributed by atoms with Gasteiger partial charge >= 0.3 is 0 Å². The SMILES string of the molecule is C[C@H]1C[C@H]2C3CCC4=CC(=O)C=C[C@]4(C)[C@@]34O[C@H]4C[C@]2(C)[C@@]1(O)C(=O)CO. The van der Waals surface area contributed by atoms with Gasteiger partial charge in [-0.2, -0.15) is 0 Å². The van der Waals surface area contributed by atoms with Crippen molar-refractivity contribution in [2.75, 3.05) is 6.61 Å². The van der Waals surface area contributed by atoms with Gasteiger partial charge in [-0.25, -0.2) is 0 Å². The van der Waals surface area contributed by atoms with E-state index in [0.29, 0.717) is 6.42 Å². The summed E-state index contributed by atoms with van der Waals surface area (Å²) in [5.74, 6) is -0.193. The van der Waals surface area contributed by atoms with E-state index in [4.69, 9.17) is 4.74 Å². The third-order valence-corrected chi connectivity index (χ3v) is 9.08. The van der Waals surface area contributed by atoms with Crippen LogP contribution in [0.15, 0.2) is 23.8 Å². The Morgan fingerprint density at radius 3 is 2.78 bits per heavy atom. The van der Waals surface area contributed by atoms with Gasteiger partial charge in [0.15, 0.2) is 11.6 Å². The summed E-state index contributed by atoms with van der Waals surface area (Å²) < 4.78 is 6.43. The van der Waals surface area contributed by atoms with Gasteiger partial charge in [0.05, 0.1) is 6.10 Å². The number of carbonyl (C=O) groups excluding carboxylic acids is 2. The second-order valence-corrected chi connectivity index (χ2v) is 9.86. The maximum Gasteiger partial charge on any atom is 0.190 e. The molecule has 4 aliphatic carbocycles. The number of epoxide rings is 1. The summed E-state index contributed by atoms with van der Waals surface area (Å²) in [6, 6.07) is 0. The topological polar surface area (TPSA) is 87.1 Å². The van der Waals surface area contributed by atoms with E-state index in [1.165, 1.54) is 0 Å². The zero-order valence-corrected chi connectivity index (χ0v) is 16.2. The Bertz CT molecular complexity index is 814. The van der Waals surface area contributed by atoms with Crippen molar-refractivity contribution in [2.45, 2.75) is 63.8 Å². The first-order valence-electron chi connectivity index (χ1n) is 10.1. The molecule has 5 nitrogen and oxygen atoms in total. The molecule has 8 atom stereocenters. The highest BCUT2D eigenvalue weighted by Gasteiger charge is 2.81. The predicted octanol–water partition coefficient (Wildman–Crippen LogP) is 1.96. The molecule has 1 saturated heterocycles. The Balaban J connectivity index is 1.60. The minimum absolute atomic E-state index is 0.0291. The Morgan fingerprint density at radius 1 is 1.33 bits per heavy atom. The molecule has 1 spiro atoms. The Labute approximate surface area is 159 Å². The van der Waals surface area contributed by atoms with Crippen molar-refractivity contribution >= 4 is 11.6 Å². The van der Waals surface area contributed by atoms with Crippen LogP contribution in [-0.2, 0) is 14.3 Å². The molecule has 0 aromatic heterocycles. The molecule has 0 aromatic rings. The Kier molecular flexibility index (Phi) is 3.29. The zero-order chi connectivity index (χ0) is 19.4. The molecule has 4 fully saturated rings. The minimum atomic E-state index is -1.50. The van der Waals surface area contributed by atoms with Crippen LogP contribution in [0.2, 0.25) is 0 Å². The van der Waals surface area contributed by atoms with Crippen molar-refractivity contribution in [1.29, 1.82) is 0 Å². The smallest absolute Gasteiger partial charge is 0.190 e. The molecule has 5 heteroatoms. The van der Waals surface area contributed by atoms with Crippen LogP contribution in [0, 0.1) is 28.6 Å². The molecule has 1 heterocycles. The lowest BCUT2D eigenvalue weighted by atomic mass is 9.46. The number of allylic oxidation sites excluding steroid dienone is 2. The summed E-state index contributed by atoms with van der Waals surface area (Å²) in [5.41, 5.74) is -1.55. The van der Waals surface area contributed by atoms with E-state index in [1.807, 2.05) is 19.9 Å². The van der Waals surface area contributed by atoms with Crippen LogP contribution in [0.25, 0.3) is 0 Å². The van der Waals surface area contributed by atoms with Crippen LogP contribution in [0.3, 0.4) is 0 Å². The number of rotatable bonds is 2. The standard InChI is InChI=1S/C22H28O5/c1-12-8-16-15-5-4-13-9-14(24)6-7-19(13,2)22(15)18(27-22)10-20(16,3)21(12,26)17(25)11-23/h6-7,9,12,15-16,18,23,26H,4-5,8,10-11H2,1-3H3/t12-,15?,16-,18-,19-,20-,21-,22+/m0/s1. The molecular formula is C22H28O5. The van der Waals surface area contributed by atoms with E-state index in [9.17, 15) is 19.8 Å². The summed E-state index contributed by atoms with van der Waals surface area (Å²) in [7, 11) is 0. The van der Waals surface area contributed by atoms with Crippen LogP contribution in [-0.4, -0.2) is 45.7 Å². The second-order valence-electron chi connectivity index (χ2n) is 9.86. The molecule has 146 valence electrons. The van der Waals surface area contributed by atoms with Gasteiger partial charge in [0.1, 0.15) is 17.8 Å². The normalized spacial score (nSPS) is 55.1. The molecule has 2 N–H and O–H groups in total. The van der Waals surface area contributed by atoms with Gasteiger partial charge in [0.25, 0.3) is 0 Å². The molecule has 27 heavy (non-hydrogen) atoms. The molecule has 3 saturated carbocycles. The predicted molar refractivity (Wildman–Crippen MR) is 97.7 cm³/mol. The summed E-state index contributed by atoms with van der Waals surface area (Å²) in [6.07, 6.45) is 8.58. The number of carbonyl (C=O) groups is 2. The lowest BCUT2D eigenvalue weighted by Crippen LogP contribution is -2.62. The first-order chi connectivity index (χ1) is 12.6. The van der Waals surface area contributed by atoms with E-state index >= 15 is 0 Å². The van der Waals surface area contributed by atoms with Gasteiger partial charge in [-0.15, -0.1) is 0 Å². The molecule has 0 amide bonds. The molecule has 5 rings (SSSR count). The fourth-order valence-electron chi connectivity index (χ4n) is 7.70. The molecule has 0 aromatic carbocycles. The van der Waals surface area contributed by atoms with Gasteiger partial charge in [0.2, 0.25) is 0 Å². The molecule has 0 radical (unpaired) electrons. The van der Waals surface area contributed by atoms with Crippen molar-refractivity contribution in [2.24, 2.45) is 28.6 Å². The fraction of sp³-hybridized carbons (Fsp3) is 0.727. The van der Waals surface area contributed by atoms with Crippen molar-refractivity contribution < 1.29 is 24.5 Å². The quantitative estimate of drug-likeness (QED) is 0.724. The Hall–Kier alpha value is -1.30. The number of aliphatic hydroxyl groups is 2. The van der Waals surface area contributed by atoms with Crippen LogP contribution < -0.4 is 0 Å². The number of fused-ring (bicyclic) bond motifs is 3. The maximum atomic E-state index is 12.6. The van der Waals surface area contributed by atoms with Gasteiger partial charge < -0.3 is 14.9 Å². The molecule has 1 aliphatic heterocycles. The van der Waals surface area contributed by atoms with Gasteiger partial charge in [0, 0.05) is 10.8 Å². The summed E-state index contributed by atoms with van der Waals surface area (Å²) in [4.78, 5) is 24.5. The van der Waals surface area contributed by atoms with E-state index < -0.39 is 23.4 Å². The lowest BCUT2D eigenvalue weighted by molar-refractivity contribution is -0.165. The minimum Gasteiger partial charge on any atom is -0.388 e. The van der Waals surface area contributed by atoms with E-state index in [0.717, 1.165) is 24.8 Å². The molecule has 1 unspecified atom stereocenters. The number of aliphatic hydroxyl groups excluding tert-OH is 1. The monoisotopic (exact) mass is 372 g/mol. The van der Waals surface area contributed by atoms with Gasteiger partial charge in [-0.05, 0) is 62.5 Å². The van der Waals surface area contributed by atoms with Crippen LogP contribution in [0.1, 0.15) is 46.5 Å². The highest BCUT2D eigenvalue weighted by atomic mass is 16.6. The first-order valence-corrected chi connectivity index (χ1v) is 10.1. The zero-order valence-electron chi connectivity index (χ0n) is 16.2. The third kappa shape index (κ3) is 1.73. The molecule has 5 aliphatic rings. The van der Waals surface area contributed by atoms with Gasteiger partial charge in [-0.3, -0.25) is 9.59 Å². The van der Waals surface area contributed by atoms with Crippen LogP contribution in [0.5, 0.6) is 0 Å². The Morgan fingerprint density at radius 2 is 2.07 bits per heavy atom. The maximum absolute atomic E-state index is 12.6. The number of ether oxygens (including phenoxy) is 1. The highest BCUT2D eigenvalue weighted by Crippen LogP contribution is 2.76. The van der Waals surface area contributed by atoms with E-state index in [-0.39, 0.29) is 40.7 Å². The second kappa shape index (κ2) is 5.00. The first kappa shape index (κ1) is 17.8. The van der Waals surface area contributed by atoms with Crippen LogP contribution >= 0.6 is 0 Å². The summed E-state index contributed by atoms with van der Waals surface area (Å²) in [5, 5.41) is 21.0. The van der Waals surface area contributed by atoms with Crippen molar-refractivity contribution in [3.05, 3.63) is 23.8 Å². The van der Waals surface area contributed by atoms with Crippen molar-refractivity contribution in [3.63, 3.8) is 0 Å². The number of hydrogen-bond donors (Lipinski definition) is 2. The van der Waals surface area contributed by atoms with Crippen LogP contribution in [0.4, 0.5) is 0 Å². The van der Waals surface area contributed by atoms with E-state index in [1.54, 1.807) is 12.2 Å². The molecular weight excluding hydrogens is 344 g/mol. The lowest BCUT2D eigenvalue weighted by Gasteiger charge is -2.55. The van der Waals surface area contributed by atoms with E-state index in [2.05, 4.69) is 6.92 Å². The van der Waals surface area contributed by atoms with Gasteiger partial charge in [-0.1, -0.05) is 25.5 Å². The number of ketones is 2. The number of Topliss-reactive ketones (excluding diaryl/α,β-unsaturated/α-hetero) is 1. The van der Waals surface area contributed by atoms with Crippen molar-refractivity contribution in [3.8, 4) is 0 Å². The average molecular weight is 372 g/mol.